The third kappa shape index (κ3) is 6.24. The summed E-state index contributed by atoms with van der Waals surface area (Å²) in [5, 5.41) is 14.3. The van der Waals surface area contributed by atoms with Crippen molar-refractivity contribution in [1.82, 2.24) is 15.2 Å². The molecule has 0 bridgehead atoms. The first kappa shape index (κ1) is 20.1. The lowest BCUT2D eigenvalue weighted by Crippen LogP contribution is -2.46. The Hall–Kier alpha value is -2.24. The molecule has 11 heteroatoms. The quantitative estimate of drug-likeness (QED) is 0.618. The third-order valence-electron chi connectivity index (χ3n) is 3.59. The molecule has 1 atom stereocenters. The third-order valence-corrected chi connectivity index (χ3v) is 3.59. The normalized spacial score (nSPS) is 16.8. The summed E-state index contributed by atoms with van der Waals surface area (Å²) < 4.78 is 42.4. The number of pyridine rings is 1. The van der Waals surface area contributed by atoms with Gasteiger partial charge in [0.1, 0.15) is 5.69 Å². The number of carbonyl (C=O) groups excluding carboxylic acids is 2. The molecule has 3 N–H and O–H groups in total. The van der Waals surface area contributed by atoms with E-state index in [0.717, 1.165) is 12.3 Å². The number of morpholine rings is 1. The van der Waals surface area contributed by atoms with Gasteiger partial charge in [-0.05, 0) is 12.1 Å². The Bertz CT molecular complexity index is 618. The van der Waals surface area contributed by atoms with E-state index in [9.17, 15) is 27.9 Å². The van der Waals surface area contributed by atoms with Gasteiger partial charge in [-0.2, -0.15) is 13.2 Å². The molecule has 2 heterocycles. The molecular weight excluding hydrogens is 357 g/mol. The molecule has 1 aromatic heterocycles. The van der Waals surface area contributed by atoms with Gasteiger partial charge >= 0.3 is 18.0 Å². The minimum Gasteiger partial charge on any atom is -0.390 e. The molecule has 1 fully saturated rings. The standard InChI is InChI=1S/C15H19F3N4O4/c16-15(17,18)12-2-1-10(7-19-12)21-14(25)13(24)20-8-11(23)9-22-3-5-26-6-4-22/h1-2,7,11,23H,3-6,8-9H2,(H,20,24)(H,21,25). The molecule has 0 aromatic carbocycles. The van der Waals surface area contributed by atoms with E-state index in [1.807, 2.05) is 4.90 Å². The Morgan fingerprint density at radius 3 is 2.54 bits per heavy atom. The van der Waals surface area contributed by atoms with Crippen LogP contribution in [-0.4, -0.2) is 72.3 Å². The van der Waals surface area contributed by atoms with Gasteiger partial charge in [-0.25, -0.2) is 4.98 Å². The van der Waals surface area contributed by atoms with Gasteiger partial charge in [0.05, 0.1) is 31.2 Å². The van der Waals surface area contributed by atoms with Gasteiger partial charge in [0.25, 0.3) is 0 Å². The molecule has 0 aliphatic carbocycles. The lowest BCUT2D eigenvalue weighted by atomic mass is 10.3. The summed E-state index contributed by atoms with van der Waals surface area (Å²) in [4.78, 5) is 28.6. The molecule has 0 saturated carbocycles. The first-order valence-electron chi connectivity index (χ1n) is 7.86. The molecule has 26 heavy (non-hydrogen) atoms. The maximum Gasteiger partial charge on any atom is 0.433 e. The highest BCUT2D eigenvalue weighted by Gasteiger charge is 2.32. The number of nitrogens with one attached hydrogen (secondary N) is 2. The second kappa shape index (κ2) is 8.92. The molecule has 1 unspecified atom stereocenters. The Morgan fingerprint density at radius 2 is 1.96 bits per heavy atom. The van der Waals surface area contributed by atoms with Crippen LogP contribution in [0.4, 0.5) is 18.9 Å². The number of hydrogen-bond donors (Lipinski definition) is 3. The maximum atomic E-state index is 12.4. The van der Waals surface area contributed by atoms with Crippen molar-refractivity contribution in [2.24, 2.45) is 0 Å². The Labute approximate surface area is 147 Å². The maximum absolute atomic E-state index is 12.4. The minimum absolute atomic E-state index is 0.0491. The highest BCUT2D eigenvalue weighted by Crippen LogP contribution is 2.27. The van der Waals surface area contributed by atoms with Gasteiger partial charge in [-0.15, -0.1) is 0 Å². The van der Waals surface area contributed by atoms with Crippen molar-refractivity contribution in [3.05, 3.63) is 24.0 Å². The highest BCUT2D eigenvalue weighted by molar-refractivity contribution is 6.39. The fourth-order valence-corrected chi connectivity index (χ4v) is 2.26. The van der Waals surface area contributed by atoms with Crippen LogP contribution in [0, 0.1) is 0 Å². The minimum atomic E-state index is -4.59. The Balaban J connectivity index is 1.75. The van der Waals surface area contributed by atoms with E-state index in [1.54, 1.807) is 0 Å². The summed E-state index contributed by atoms with van der Waals surface area (Å²) >= 11 is 0. The molecule has 1 saturated heterocycles. The van der Waals surface area contributed by atoms with Gasteiger partial charge in [0, 0.05) is 26.2 Å². The molecule has 0 spiro atoms. The van der Waals surface area contributed by atoms with Crippen LogP contribution in [0.1, 0.15) is 5.69 Å². The van der Waals surface area contributed by atoms with Crippen LogP contribution in [0.25, 0.3) is 0 Å². The van der Waals surface area contributed by atoms with Crippen LogP contribution in [0.2, 0.25) is 0 Å². The van der Waals surface area contributed by atoms with Crippen molar-refractivity contribution in [3.8, 4) is 0 Å². The number of nitrogens with zero attached hydrogens (tertiary/aromatic N) is 2. The number of halogens is 3. The second-order valence-corrected chi connectivity index (χ2v) is 5.66. The molecular formula is C15H19F3N4O4. The van der Waals surface area contributed by atoms with Crippen molar-refractivity contribution < 1.29 is 32.6 Å². The largest absolute Gasteiger partial charge is 0.433 e. The lowest BCUT2D eigenvalue weighted by molar-refractivity contribution is -0.141. The first-order chi connectivity index (χ1) is 12.3. The first-order valence-corrected chi connectivity index (χ1v) is 7.86. The number of aliphatic hydroxyl groups excluding tert-OH is 1. The van der Waals surface area contributed by atoms with Gasteiger partial charge < -0.3 is 20.5 Å². The van der Waals surface area contributed by atoms with E-state index in [-0.39, 0.29) is 12.2 Å². The van der Waals surface area contributed by atoms with E-state index < -0.39 is 29.8 Å². The summed E-state index contributed by atoms with van der Waals surface area (Å²) in [6.07, 6.45) is -4.64. The van der Waals surface area contributed by atoms with Gasteiger partial charge in [-0.3, -0.25) is 14.5 Å². The van der Waals surface area contributed by atoms with Crippen LogP contribution < -0.4 is 10.6 Å². The second-order valence-electron chi connectivity index (χ2n) is 5.66. The smallest absolute Gasteiger partial charge is 0.390 e. The van der Waals surface area contributed by atoms with Gasteiger partial charge in [-0.1, -0.05) is 0 Å². The molecule has 8 nitrogen and oxygen atoms in total. The highest BCUT2D eigenvalue weighted by atomic mass is 19.4. The molecule has 2 amide bonds. The summed E-state index contributed by atoms with van der Waals surface area (Å²) in [5.74, 6) is -2.07. The predicted molar refractivity (Wildman–Crippen MR) is 84.1 cm³/mol. The van der Waals surface area contributed by atoms with Crippen LogP contribution in [0.5, 0.6) is 0 Å². The Kier molecular flexibility index (Phi) is 6.89. The number of alkyl halides is 3. The van der Waals surface area contributed by atoms with Gasteiger partial charge in [0.15, 0.2) is 0 Å². The number of hydrogen-bond acceptors (Lipinski definition) is 6. The summed E-state index contributed by atoms with van der Waals surface area (Å²) in [5.41, 5.74) is -1.15. The van der Waals surface area contributed by atoms with E-state index in [1.165, 1.54) is 0 Å². The number of carbonyl (C=O) groups is 2. The zero-order valence-electron chi connectivity index (χ0n) is 13.8. The zero-order chi connectivity index (χ0) is 19.2. The molecule has 1 aliphatic rings. The van der Waals surface area contributed by atoms with E-state index >= 15 is 0 Å². The summed E-state index contributed by atoms with van der Waals surface area (Å²) in [7, 11) is 0. The van der Waals surface area contributed by atoms with Crippen molar-refractivity contribution in [3.63, 3.8) is 0 Å². The number of β-amino-alcohol motifs (C(OH)–C–C–N with tert-alkyl or cyclic N) is 1. The van der Waals surface area contributed by atoms with Crippen molar-refractivity contribution >= 4 is 17.5 Å². The average molecular weight is 376 g/mol. The zero-order valence-corrected chi connectivity index (χ0v) is 13.8. The Morgan fingerprint density at radius 1 is 1.27 bits per heavy atom. The number of ether oxygens (including phenoxy) is 1. The predicted octanol–water partition coefficient (Wildman–Crippen LogP) is -0.152. The SMILES string of the molecule is O=C(NCC(O)CN1CCOCC1)C(=O)Nc1ccc(C(F)(F)F)nc1. The van der Waals surface area contributed by atoms with Crippen LogP contribution in [0.3, 0.4) is 0 Å². The fourth-order valence-electron chi connectivity index (χ4n) is 2.26. The lowest BCUT2D eigenvalue weighted by Gasteiger charge is -2.28. The number of aliphatic hydroxyl groups is 1. The van der Waals surface area contributed by atoms with Gasteiger partial charge in [0.2, 0.25) is 0 Å². The monoisotopic (exact) mass is 376 g/mol. The number of aromatic nitrogens is 1. The number of amides is 2. The summed E-state index contributed by atoms with van der Waals surface area (Å²) in [6.45, 7) is 2.69. The van der Waals surface area contributed by atoms with Crippen molar-refractivity contribution in [2.45, 2.75) is 12.3 Å². The summed E-state index contributed by atoms with van der Waals surface area (Å²) in [6, 6.07) is 1.69. The average Bonchev–Trinajstić information content (AvgIpc) is 2.60. The van der Waals surface area contributed by atoms with Crippen LogP contribution >= 0.6 is 0 Å². The van der Waals surface area contributed by atoms with E-state index in [4.69, 9.17) is 4.74 Å². The molecule has 2 rings (SSSR count). The van der Waals surface area contributed by atoms with E-state index in [0.29, 0.717) is 38.9 Å². The number of rotatable bonds is 5. The van der Waals surface area contributed by atoms with E-state index in [2.05, 4.69) is 15.6 Å². The topological polar surface area (TPSA) is 104 Å². The van der Waals surface area contributed by atoms with Crippen molar-refractivity contribution in [1.29, 1.82) is 0 Å². The molecule has 144 valence electrons. The fraction of sp³-hybridized carbons (Fsp3) is 0.533. The van der Waals surface area contributed by atoms with Crippen LogP contribution in [-0.2, 0) is 20.5 Å². The number of anilines is 1. The molecule has 0 radical (unpaired) electrons. The molecule has 1 aliphatic heterocycles. The van der Waals surface area contributed by atoms with Crippen molar-refractivity contribution in [2.75, 3.05) is 44.7 Å². The van der Waals surface area contributed by atoms with Crippen LogP contribution in [0.15, 0.2) is 18.3 Å². The molecule has 1 aromatic rings.